The van der Waals surface area contributed by atoms with E-state index in [1.807, 2.05) is 0 Å². The number of benzene rings is 2. The van der Waals surface area contributed by atoms with Gasteiger partial charge >= 0.3 is 0 Å². The Bertz CT molecular complexity index is 717. The second-order valence-corrected chi connectivity index (χ2v) is 7.15. The summed E-state index contributed by atoms with van der Waals surface area (Å²) in [6.45, 7) is 2.09. The molecule has 3 rings (SSSR count). The zero-order valence-corrected chi connectivity index (χ0v) is 16.5. The number of carbonyl (C=O) groups is 1. The molecule has 5 heteroatoms. The summed E-state index contributed by atoms with van der Waals surface area (Å²) in [5, 5.41) is 9.61. The average Bonchev–Trinajstić information content (AvgIpc) is 3.59. The summed E-state index contributed by atoms with van der Waals surface area (Å²) in [7, 11) is 1.77. The number of nitrogens with zero attached hydrogens (tertiary/aromatic N) is 1. The van der Waals surface area contributed by atoms with Crippen molar-refractivity contribution in [3.63, 3.8) is 0 Å². The molecule has 0 saturated heterocycles. The standard InChI is InChI=1S/C23H30N4O/c1-24-23(27-17-16-25-22(28)20-12-13-20)26-15-14-21(18-8-4-2-5-9-18)19-10-6-3-7-11-19/h2-11,20-21H,12-17H2,1H3,(H,25,28)(H2,24,26,27). The Balaban J connectivity index is 1.46. The fourth-order valence-corrected chi connectivity index (χ4v) is 3.31. The largest absolute Gasteiger partial charge is 0.356 e. The van der Waals surface area contributed by atoms with Crippen molar-refractivity contribution in [3.8, 4) is 0 Å². The van der Waals surface area contributed by atoms with Gasteiger partial charge in [-0.25, -0.2) is 0 Å². The van der Waals surface area contributed by atoms with Gasteiger partial charge in [-0.2, -0.15) is 0 Å². The molecule has 0 spiro atoms. The van der Waals surface area contributed by atoms with Crippen LogP contribution in [0.1, 0.15) is 36.3 Å². The molecular weight excluding hydrogens is 348 g/mol. The highest BCUT2D eigenvalue weighted by Crippen LogP contribution is 2.28. The summed E-state index contributed by atoms with van der Waals surface area (Å²) in [6.07, 6.45) is 3.03. The summed E-state index contributed by atoms with van der Waals surface area (Å²) in [6, 6.07) is 21.2. The van der Waals surface area contributed by atoms with E-state index in [1.54, 1.807) is 7.05 Å². The topological polar surface area (TPSA) is 65.5 Å². The summed E-state index contributed by atoms with van der Waals surface area (Å²) >= 11 is 0. The third-order valence-electron chi connectivity index (χ3n) is 5.02. The van der Waals surface area contributed by atoms with Crippen LogP contribution in [0.25, 0.3) is 0 Å². The number of amides is 1. The number of aliphatic imine (C=N–C) groups is 1. The zero-order valence-electron chi connectivity index (χ0n) is 16.5. The van der Waals surface area contributed by atoms with E-state index in [9.17, 15) is 4.79 Å². The molecule has 0 heterocycles. The van der Waals surface area contributed by atoms with E-state index in [2.05, 4.69) is 81.6 Å². The molecule has 0 bridgehead atoms. The molecule has 28 heavy (non-hydrogen) atoms. The maximum absolute atomic E-state index is 11.7. The van der Waals surface area contributed by atoms with Crippen molar-refractivity contribution in [2.75, 3.05) is 26.7 Å². The third-order valence-corrected chi connectivity index (χ3v) is 5.02. The van der Waals surface area contributed by atoms with E-state index in [4.69, 9.17) is 0 Å². The van der Waals surface area contributed by atoms with Crippen molar-refractivity contribution >= 4 is 11.9 Å². The number of rotatable bonds is 9. The van der Waals surface area contributed by atoms with Crippen LogP contribution in [0.5, 0.6) is 0 Å². The van der Waals surface area contributed by atoms with Crippen LogP contribution < -0.4 is 16.0 Å². The van der Waals surface area contributed by atoms with Crippen molar-refractivity contribution < 1.29 is 4.79 Å². The van der Waals surface area contributed by atoms with Gasteiger partial charge < -0.3 is 16.0 Å². The van der Waals surface area contributed by atoms with Gasteiger partial charge in [0.2, 0.25) is 5.91 Å². The normalized spacial score (nSPS) is 14.0. The first-order chi connectivity index (χ1) is 13.8. The lowest BCUT2D eigenvalue weighted by Gasteiger charge is -2.19. The second kappa shape index (κ2) is 10.5. The van der Waals surface area contributed by atoms with Gasteiger partial charge in [0.15, 0.2) is 5.96 Å². The molecule has 1 aliphatic rings. The van der Waals surface area contributed by atoms with E-state index in [0.717, 1.165) is 31.8 Å². The lowest BCUT2D eigenvalue weighted by molar-refractivity contribution is -0.122. The van der Waals surface area contributed by atoms with Crippen molar-refractivity contribution in [2.45, 2.75) is 25.2 Å². The summed E-state index contributed by atoms with van der Waals surface area (Å²) < 4.78 is 0. The van der Waals surface area contributed by atoms with Gasteiger partial charge in [-0.05, 0) is 30.4 Å². The first-order valence-corrected chi connectivity index (χ1v) is 10.1. The summed E-state index contributed by atoms with van der Waals surface area (Å²) in [5.74, 6) is 1.54. The van der Waals surface area contributed by atoms with Crippen LogP contribution in [-0.4, -0.2) is 38.5 Å². The van der Waals surface area contributed by atoms with Crippen LogP contribution in [0.4, 0.5) is 0 Å². The lowest BCUT2D eigenvalue weighted by Crippen LogP contribution is -2.42. The Hall–Kier alpha value is -2.82. The average molecular weight is 379 g/mol. The molecule has 0 radical (unpaired) electrons. The quantitative estimate of drug-likeness (QED) is 0.357. The van der Waals surface area contributed by atoms with Crippen molar-refractivity contribution in [2.24, 2.45) is 10.9 Å². The van der Waals surface area contributed by atoms with E-state index in [1.165, 1.54) is 11.1 Å². The first-order valence-electron chi connectivity index (χ1n) is 10.1. The fourth-order valence-electron chi connectivity index (χ4n) is 3.31. The van der Waals surface area contributed by atoms with E-state index in [0.29, 0.717) is 19.0 Å². The molecule has 0 aromatic heterocycles. The van der Waals surface area contributed by atoms with Crippen LogP contribution in [0, 0.1) is 5.92 Å². The molecule has 5 nitrogen and oxygen atoms in total. The highest BCUT2D eigenvalue weighted by molar-refractivity contribution is 5.81. The minimum atomic E-state index is 0.179. The van der Waals surface area contributed by atoms with Crippen LogP contribution >= 0.6 is 0 Å². The minimum Gasteiger partial charge on any atom is -0.356 e. The number of nitrogens with one attached hydrogen (secondary N) is 3. The Morgan fingerprint density at radius 1 is 0.893 bits per heavy atom. The Morgan fingerprint density at radius 3 is 1.96 bits per heavy atom. The van der Waals surface area contributed by atoms with Crippen molar-refractivity contribution in [3.05, 3.63) is 71.8 Å². The maximum atomic E-state index is 11.7. The zero-order chi connectivity index (χ0) is 19.6. The monoisotopic (exact) mass is 378 g/mol. The van der Waals surface area contributed by atoms with Crippen LogP contribution in [0.2, 0.25) is 0 Å². The number of carbonyl (C=O) groups excluding carboxylic acids is 1. The van der Waals surface area contributed by atoms with Crippen LogP contribution in [-0.2, 0) is 4.79 Å². The molecule has 2 aromatic carbocycles. The molecular formula is C23H30N4O. The molecule has 1 aliphatic carbocycles. The predicted octanol–water partition coefficient (Wildman–Crippen LogP) is 2.90. The SMILES string of the molecule is CN=C(NCCNC(=O)C1CC1)NCCC(c1ccccc1)c1ccccc1. The lowest BCUT2D eigenvalue weighted by atomic mass is 9.88. The van der Waals surface area contributed by atoms with E-state index < -0.39 is 0 Å². The smallest absolute Gasteiger partial charge is 0.223 e. The minimum absolute atomic E-state index is 0.179. The predicted molar refractivity (Wildman–Crippen MR) is 114 cm³/mol. The van der Waals surface area contributed by atoms with Crippen molar-refractivity contribution in [1.82, 2.24) is 16.0 Å². The van der Waals surface area contributed by atoms with Crippen LogP contribution in [0.15, 0.2) is 65.7 Å². The summed E-state index contributed by atoms with van der Waals surface area (Å²) in [5.41, 5.74) is 2.64. The third kappa shape index (κ3) is 6.12. The van der Waals surface area contributed by atoms with Crippen molar-refractivity contribution in [1.29, 1.82) is 0 Å². The van der Waals surface area contributed by atoms with Gasteiger partial charge in [0.05, 0.1) is 0 Å². The number of hydrogen-bond acceptors (Lipinski definition) is 2. The molecule has 1 fully saturated rings. The molecule has 1 amide bonds. The maximum Gasteiger partial charge on any atom is 0.223 e. The highest BCUT2D eigenvalue weighted by Gasteiger charge is 2.28. The number of guanidine groups is 1. The number of hydrogen-bond donors (Lipinski definition) is 3. The Labute approximate surface area is 167 Å². The van der Waals surface area contributed by atoms with Gasteiger partial charge in [0.1, 0.15) is 0 Å². The van der Waals surface area contributed by atoms with Gasteiger partial charge in [-0.15, -0.1) is 0 Å². The summed E-state index contributed by atoms with van der Waals surface area (Å²) in [4.78, 5) is 15.9. The molecule has 3 N–H and O–H groups in total. The van der Waals surface area contributed by atoms with Gasteiger partial charge in [-0.1, -0.05) is 60.7 Å². The van der Waals surface area contributed by atoms with Gasteiger partial charge in [0.25, 0.3) is 0 Å². The highest BCUT2D eigenvalue weighted by atomic mass is 16.2. The van der Waals surface area contributed by atoms with E-state index >= 15 is 0 Å². The molecule has 0 atom stereocenters. The first kappa shape index (κ1) is 19.9. The van der Waals surface area contributed by atoms with Crippen LogP contribution in [0.3, 0.4) is 0 Å². The molecule has 0 unspecified atom stereocenters. The molecule has 0 aliphatic heterocycles. The van der Waals surface area contributed by atoms with Gasteiger partial charge in [0, 0.05) is 38.5 Å². The molecule has 1 saturated carbocycles. The molecule has 148 valence electrons. The Morgan fingerprint density at radius 2 is 1.43 bits per heavy atom. The fraction of sp³-hybridized carbons (Fsp3) is 0.391. The Kier molecular flexibility index (Phi) is 7.47. The second-order valence-electron chi connectivity index (χ2n) is 7.15. The van der Waals surface area contributed by atoms with Gasteiger partial charge in [-0.3, -0.25) is 9.79 Å². The molecule has 2 aromatic rings. The van der Waals surface area contributed by atoms with E-state index in [-0.39, 0.29) is 11.8 Å².